The summed E-state index contributed by atoms with van der Waals surface area (Å²) < 4.78 is 9.59. The maximum Gasteiger partial charge on any atom is 0.319 e. The quantitative estimate of drug-likeness (QED) is 0.605. The van der Waals surface area contributed by atoms with E-state index in [9.17, 15) is 4.79 Å². The minimum atomic E-state index is -0.262. The van der Waals surface area contributed by atoms with Gasteiger partial charge in [-0.2, -0.15) is 0 Å². The zero-order valence-electron chi connectivity index (χ0n) is 8.14. The molecule has 0 spiro atoms. The van der Waals surface area contributed by atoms with Crippen LogP contribution in [0.25, 0.3) is 0 Å². The third-order valence-electron chi connectivity index (χ3n) is 1.60. The average molecular weight is 175 g/mol. The van der Waals surface area contributed by atoms with Crippen molar-refractivity contribution in [3.05, 3.63) is 0 Å². The maximum atomic E-state index is 10.7. The van der Waals surface area contributed by atoms with Crippen LogP contribution in [0.3, 0.4) is 0 Å². The van der Waals surface area contributed by atoms with Crippen molar-refractivity contribution in [2.24, 2.45) is 0 Å². The number of hydrogen-bond acceptors (Lipinski definition) is 4. The van der Waals surface area contributed by atoms with Gasteiger partial charge in [-0.15, -0.1) is 0 Å². The first-order chi connectivity index (χ1) is 5.52. The first kappa shape index (κ1) is 11.4. The first-order valence-electron chi connectivity index (χ1n) is 3.84. The lowest BCUT2D eigenvalue weighted by Gasteiger charge is -2.22. The van der Waals surface area contributed by atoms with Crippen LogP contribution in [0.15, 0.2) is 0 Å². The summed E-state index contributed by atoms with van der Waals surface area (Å²) in [7, 11) is 3.01. The second kappa shape index (κ2) is 5.11. The number of nitrogens with one attached hydrogen (secondary N) is 1. The van der Waals surface area contributed by atoms with Crippen LogP contribution in [0, 0.1) is 0 Å². The summed E-state index contributed by atoms with van der Waals surface area (Å²) in [4.78, 5) is 10.7. The number of carbonyl (C=O) groups excluding carboxylic acids is 1. The van der Waals surface area contributed by atoms with E-state index in [4.69, 9.17) is 4.74 Å². The number of rotatable bonds is 5. The van der Waals surface area contributed by atoms with Gasteiger partial charge in [0.25, 0.3) is 0 Å². The molecule has 0 atom stereocenters. The van der Waals surface area contributed by atoms with Gasteiger partial charge in [-0.05, 0) is 13.8 Å². The highest BCUT2D eigenvalue weighted by Gasteiger charge is 2.15. The summed E-state index contributed by atoms with van der Waals surface area (Å²) in [5.41, 5.74) is -0.242. The molecule has 0 radical (unpaired) electrons. The van der Waals surface area contributed by atoms with E-state index in [0.29, 0.717) is 6.54 Å². The third-order valence-corrected chi connectivity index (χ3v) is 1.60. The summed E-state index contributed by atoms with van der Waals surface area (Å²) in [5.74, 6) is -0.262. The molecule has 0 bridgehead atoms. The Balaban J connectivity index is 3.49. The van der Waals surface area contributed by atoms with Gasteiger partial charge in [0, 0.05) is 13.7 Å². The van der Waals surface area contributed by atoms with Gasteiger partial charge in [0.2, 0.25) is 0 Å². The summed E-state index contributed by atoms with van der Waals surface area (Å²) in [6, 6.07) is 0. The van der Waals surface area contributed by atoms with E-state index >= 15 is 0 Å². The fourth-order valence-corrected chi connectivity index (χ4v) is 0.610. The number of carbonyl (C=O) groups is 1. The molecule has 0 saturated carbocycles. The third kappa shape index (κ3) is 5.09. The van der Waals surface area contributed by atoms with Gasteiger partial charge in [-0.3, -0.25) is 4.79 Å². The van der Waals surface area contributed by atoms with Crippen LogP contribution in [-0.2, 0) is 14.3 Å². The van der Waals surface area contributed by atoms with Gasteiger partial charge in [-0.1, -0.05) is 0 Å². The molecule has 0 saturated heterocycles. The highest BCUT2D eigenvalue weighted by Crippen LogP contribution is 2.03. The molecule has 0 fully saturated rings. The minimum absolute atomic E-state index is 0.225. The molecule has 12 heavy (non-hydrogen) atoms. The second-order valence-corrected chi connectivity index (χ2v) is 3.14. The van der Waals surface area contributed by atoms with E-state index in [1.54, 1.807) is 7.11 Å². The summed E-state index contributed by atoms with van der Waals surface area (Å²) >= 11 is 0. The number of methoxy groups -OCH3 is 2. The van der Waals surface area contributed by atoms with Crippen molar-refractivity contribution in [3.63, 3.8) is 0 Å². The lowest BCUT2D eigenvalue weighted by molar-refractivity contribution is -0.139. The molecular weight excluding hydrogens is 158 g/mol. The van der Waals surface area contributed by atoms with Crippen LogP contribution in [0.1, 0.15) is 13.8 Å². The predicted octanol–water partition coefficient (Wildman–Crippen LogP) is 0.174. The Kier molecular flexibility index (Phi) is 4.85. The Morgan fingerprint density at radius 2 is 2.00 bits per heavy atom. The zero-order valence-corrected chi connectivity index (χ0v) is 8.14. The van der Waals surface area contributed by atoms with Crippen molar-refractivity contribution < 1.29 is 14.3 Å². The normalized spacial score (nSPS) is 11.3. The topological polar surface area (TPSA) is 47.6 Å². The Bertz CT molecular complexity index is 145. The smallest absolute Gasteiger partial charge is 0.319 e. The first-order valence-corrected chi connectivity index (χ1v) is 3.84. The van der Waals surface area contributed by atoms with Crippen LogP contribution in [-0.4, -0.2) is 38.9 Å². The van der Waals surface area contributed by atoms with Gasteiger partial charge in [-0.25, -0.2) is 0 Å². The molecule has 1 N–H and O–H groups in total. The summed E-state index contributed by atoms with van der Waals surface area (Å²) in [5, 5.41) is 2.93. The molecule has 0 aromatic carbocycles. The Hall–Kier alpha value is -0.610. The van der Waals surface area contributed by atoms with Gasteiger partial charge in [0.15, 0.2) is 0 Å². The molecule has 0 rings (SSSR count). The largest absolute Gasteiger partial charge is 0.468 e. The van der Waals surface area contributed by atoms with Crippen molar-refractivity contribution in [1.29, 1.82) is 0 Å². The molecule has 0 aromatic heterocycles. The molecule has 4 nitrogen and oxygen atoms in total. The van der Waals surface area contributed by atoms with Crippen LogP contribution < -0.4 is 5.32 Å². The van der Waals surface area contributed by atoms with Crippen molar-refractivity contribution >= 4 is 5.97 Å². The van der Waals surface area contributed by atoms with E-state index in [1.165, 1.54) is 7.11 Å². The fraction of sp³-hybridized carbons (Fsp3) is 0.875. The van der Waals surface area contributed by atoms with E-state index in [2.05, 4.69) is 10.1 Å². The zero-order chi connectivity index (χ0) is 9.61. The van der Waals surface area contributed by atoms with Crippen molar-refractivity contribution in [3.8, 4) is 0 Å². The standard InChI is InChI=1S/C8H17NO3/c1-8(2,12-4)6-9-5-7(10)11-3/h9H,5-6H2,1-4H3. The molecular formula is C8H17NO3. The Labute approximate surface area is 73.2 Å². The van der Waals surface area contributed by atoms with Gasteiger partial charge in [0.05, 0.1) is 19.3 Å². The van der Waals surface area contributed by atoms with Gasteiger partial charge >= 0.3 is 5.97 Å². The van der Waals surface area contributed by atoms with E-state index in [1.807, 2.05) is 13.8 Å². The van der Waals surface area contributed by atoms with Gasteiger partial charge in [0.1, 0.15) is 0 Å². The molecule has 0 heterocycles. The highest BCUT2D eigenvalue weighted by molar-refractivity contribution is 5.71. The minimum Gasteiger partial charge on any atom is -0.468 e. The van der Waals surface area contributed by atoms with Gasteiger partial charge < -0.3 is 14.8 Å². The molecule has 0 aliphatic rings. The lowest BCUT2D eigenvalue weighted by atomic mass is 10.1. The maximum absolute atomic E-state index is 10.7. The predicted molar refractivity (Wildman–Crippen MR) is 46.0 cm³/mol. The summed E-state index contributed by atoms with van der Waals surface area (Å²) in [6.45, 7) is 4.73. The Morgan fingerprint density at radius 1 is 1.42 bits per heavy atom. The average Bonchev–Trinajstić information content (AvgIpc) is 2.04. The lowest BCUT2D eigenvalue weighted by Crippen LogP contribution is -2.39. The van der Waals surface area contributed by atoms with E-state index in [0.717, 1.165) is 0 Å². The molecule has 0 unspecified atom stereocenters. The second-order valence-electron chi connectivity index (χ2n) is 3.14. The molecule has 4 heteroatoms. The van der Waals surface area contributed by atoms with Crippen LogP contribution in [0.5, 0.6) is 0 Å². The van der Waals surface area contributed by atoms with Crippen molar-refractivity contribution in [2.75, 3.05) is 27.3 Å². The van der Waals surface area contributed by atoms with Crippen LogP contribution in [0.2, 0.25) is 0 Å². The number of hydrogen-bond donors (Lipinski definition) is 1. The van der Waals surface area contributed by atoms with Crippen LogP contribution >= 0.6 is 0 Å². The highest BCUT2D eigenvalue weighted by atomic mass is 16.5. The monoisotopic (exact) mass is 175 g/mol. The summed E-state index contributed by atoms with van der Waals surface area (Å²) in [6.07, 6.45) is 0. The Morgan fingerprint density at radius 3 is 2.42 bits per heavy atom. The van der Waals surface area contributed by atoms with E-state index < -0.39 is 0 Å². The molecule has 0 amide bonds. The molecule has 0 aliphatic heterocycles. The van der Waals surface area contributed by atoms with Crippen molar-refractivity contribution in [1.82, 2.24) is 5.32 Å². The SMILES string of the molecule is COC(=O)CNCC(C)(C)OC. The molecule has 0 aromatic rings. The van der Waals surface area contributed by atoms with Crippen LogP contribution in [0.4, 0.5) is 0 Å². The number of ether oxygens (including phenoxy) is 2. The van der Waals surface area contributed by atoms with Crippen molar-refractivity contribution in [2.45, 2.75) is 19.4 Å². The molecule has 72 valence electrons. The molecule has 0 aliphatic carbocycles. The fourth-order valence-electron chi connectivity index (χ4n) is 0.610. The number of esters is 1. The van der Waals surface area contributed by atoms with E-state index in [-0.39, 0.29) is 18.1 Å².